The van der Waals surface area contributed by atoms with Crippen molar-refractivity contribution in [2.75, 3.05) is 7.11 Å². The fourth-order valence-corrected chi connectivity index (χ4v) is 2.11. The van der Waals surface area contributed by atoms with Crippen LogP contribution < -0.4 is 10.5 Å². The van der Waals surface area contributed by atoms with Crippen molar-refractivity contribution in [3.8, 4) is 11.5 Å². The molecule has 0 saturated carbocycles. The summed E-state index contributed by atoms with van der Waals surface area (Å²) in [6.45, 7) is 3.67. The molecule has 18 heavy (non-hydrogen) atoms. The topological polar surface area (TPSA) is 92.8 Å². The highest BCUT2D eigenvalue weighted by atomic mass is 16.5. The van der Waals surface area contributed by atoms with Crippen LogP contribution in [0, 0.1) is 13.8 Å². The van der Waals surface area contributed by atoms with Crippen LogP contribution in [0.2, 0.25) is 0 Å². The molecule has 1 rings (SSSR count). The van der Waals surface area contributed by atoms with Gasteiger partial charge in [0.05, 0.1) is 7.11 Å². The predicted octanol–water partition coefficient (Wildman–Crippen LogP) is 1.88. The number of nitrogens with two attached hydrogens (primary N) is 1. The standard InChI is InChI=1S/C13H19NO4/c1-7-6-8(2)13(18-3)12(17)11(7)9(14)4-5-10(15)16/h6,9,17H,4-5,14H2,1-3H3,(H,15,16). The smallest absolute Gasteiger partial charge is 0.303 e. The summed E-state index contributed by atoms with van der Waals surface area (Å²) in [5, 5.41) is 18.8. The number of hydrogen-bond acceptors (Lipinski definition) is 4. The highest BCUT2D eigenvalue weighted by Crippen LogP contribution is 2.39. The molecule has 0 aliphatic rings. The van der Waals surface area contributed by atoms with Gasteiger partial charge in [-0.25, -0.2) is 0 Å². The second-order valence-electron chi connectivity index (χ2n) is 4.34. The van der Waals surface area contributed by atoms with E-state index in [1.54, 1.807) is 0 Å². The number of aliphatic carboxylic acids is 1. The summed E-state index contributed by atoms with van der Waals surface area (Å²) in [6, 6.07) is 1.35. The fraction of sp³-hybridized carbons (Fsp3) is 0.462. The van der Waals surface area contributed by atoms with Gasteiger partial charge in [0.1, 0.15) is 0 Å². The Morgan fingerprint density at radius 1 is 1.44 bits per heavy atom. The third kappa shape index (κ3) is 2.92. The van der Waals surface area contributed by atoms with Crippen LogP contribution in [-0.2, 0) is 4.79 Å². The minimum absolute atomic E-state index is 0.00730. The molecule has 5 heteroatoms. The highest BCUT2D eigenvalue weighted by Gasteiger charge is 2.20. The van der Waals surface area contributed by atoms with E-state index in [1.165, 1.54) is 7.11 Å². The molecule has 5 nitrogen and oxygen atoms in total. The van der Waals surface area contributed by atoms with Gasteiger partial charge in [-0.05, 0) is 31.4 Å². The first-order chi connectivity index (χ1) is 8.38. The van der Waals surface area contributed by atoms with Gasteiger partial charge in [0.2, 0.25) is 0 Å². The lowest BCUT2D eigenvalue weighted by atomic mass is 9.94. The molecular formula is C13H19NO4. The van der Waals surface area contributed by atoms with E-state index in [2.05, 4.69) is 0 Å². The molecule has 0 saturated heterocycles. The Hall–Kier alpha value is -1.75. The van der Waals surface area contributed by atoms with E-state index < -0.39 is 12.0 Å². The maximum absolute atomic E-state index is 10.5. The van der Waals surface area contributed by atoms with E-state index in [4.69, 9.17) is 15.6 Å². The van der Waals surface area contributed by atoms with Gasteiger partial charge in [-0.15, -0.1) is 0 Å². The molecule has 1 aromatic rings. The van der Waals surface area contributed by atoms with Crippen molar-refractivity contribution in [3.05, 3.63) is 22.8 Å². The lowest BCUT2D eigenvalue weighted by Crippen LogP contribution is -2.14. The molecule has 4 N–H and O–H groups in total. The van der Waals surface area contributed by atoms with E-state index in [9.17, 15) is 9.90 Å². The maximum Gasteiger partial charge on any atom is 0.303 e. The normalized spacial score (nSPS) is 12.2. The van der Waals surface area contributed by atoms with Gasteiger partial charge in [0.15, 0.2) is 11.5 Å². The number of ether oxygens (including phenoxy) is 1. The number of rotatable bonds is 5. The Morgan fingerprint density at radius 3 is 2.56 bits per heavy atom. The van der Waals surface area contributed by atoms with E-state index >= 15 is 0 Å². The van der Waals surface area contributed by atoms with Gasteiger partial charge in [-0.3, -0.25) is 4.79 Å². The largest absolute Gasteiger partial charge is 0.504 e. The number of hydrogen-bond donors (Lipinski definition) is 3. The summed E-state index contributed by atoms with van der Waals surface area (Å²) < 4.78 is 5.13. The number of phenols is 1. The van der Waals surface area contributed by atoms with Crippen LogP contribution >= 0.6 is 0 Å². The first-order valence-electron chi connectivity index (χ1n) is 5.72. The lowest BCUT2D eigenvalue weighted by Gasteiger charge is -2.19. The van der Waals surface area contributed by atoms with E-state index in [1.807, 2.05) is 19.9 Å². The molecule has 0 spiro atoms. The number of carbonyl (C=O) groups is 1. The van der Waals surface area contributed by atoms with Crippen LogP contribution in [0.25, 0.3) is 0 Å². The van der Waals surface area contributed by atoms with E-state index in [-0.39, 0.29) is 18.6 Å². The van der Waals surface area contributed by atoms with Crippen LogP contribution in [-0.4, -0.2) is 23.3 Å². The zero-order valence-corrected chi connectivity index (χ0v) is 10.9. The molecular weight excluding hydrogens is 234 g/mol. The van der Waals surface area contributed by atoms with Crippen LogP contribution in [0.15, 0.2) is 6.07 Å². The van der Waals surface area contributed by atoms with Gasteiger partial charge in [-0.1, -0.05) is 6.07 Å². The Kier molecular flexibility index (Phi) is 4.55. The molecule has 0 radical (unpaired) electrons. The van der Waals surface area contributed by atoms with Gasteiger partial charge in [0.25, 0.3) is 0 Å². The third-order valence-electron chi connectivity index (χ3n) is 2.93. The zero-order valence-electron chi connectivity index (χ0n) is 10.9. The van der Waals surface area contributed by atoms with Gasteiger partial charge in [0, 0.05) is 18.0 Å². The molecule has 1 atom stereocenters. The van der Waals surface area contributed by atoms with E-state index in [0.29, 0.717) is 11.3 Å². The average Bonchev–Trinajstić information content (AvgIpc) is 2.26. The highest BCUT2D eigenvalue weighted by molar-refractivity contribution is 5.67. The van der Waals surface area contributed by atoms with Crippen molar-refractivity contribution >= 4 is 5.97 Å². The number of aryl methyl sites for hydroxylation is 2. The quantitative estimate of drug-likeness (QED) is 0.745. The lowest BCUT2D eigenvalue weighted by molar-refractivity contribution is -0.137. The Balaban J connectivity index is 3.11. The van der Waals surface area contributed by atoms with Crippen molar-refractivity contribution in [1.82, 2.24) is 0 Å². The first kappa shape index (κ1) is 14.3. The first-order valence-corrected chi connectivity index (χ1v) is 5.72. The van der Waals surface area contributed by atoms with Gasteiger partial charge in [-0.2, -0.15) is 0 Å². The molecule has 0 aliphatic heterocycles. The summed E-state index contributed by atoms with van der Waals surface area (Å²) in [5.74, 6) is -0.504. The monoisotopic (exact) mass is 253 g/mol. The molecule has 1 aromatic carbocycles. The zero-order chi connectivity index (χ0) is 13.9. The molecule has 0 aliphatic carbocycles. The second kappa shape index (κ2) is 5.73. The number of aromatic hydroxyl groups is 1. The van der Waals surface area contributed by atoms with Crippen molar-refractivity contribution in [1.29, 1.82) is 0 Å². The summed E-state index contributed by atoms with van der Waals surface area (Å²) in [6.07, 6.45) is 0.242. The summed E-state index contributed by atoms with van der Waals surface area (Å²) in [5.41, 5.74) is 8.15. The average molecular weight is 253 g/mol. The predicted molar refractivity (Wildman–Crippen MR) is 67.9 cm³/mol. The summed E-state index contributed by atoms with van der Waals surface area (Å²) in [7, 11) is 1.48. The Bertz CT molecular complexity index is 457. The Morgan fingerprint density at radius 2 is 2.06 bits per heavy atom. The molecule has 1 unspecified atom stereocenters. The molecule has 100 valence electrons. The minimum Gasteiger partial charge on any atom is -0.504 e. The maximum atomic E-state index is 10.5. The molecule has 0 amide bonds. The molecule has 0 aromatic heterocycles. The SMILES string of the molecule is COc1c(C)cc(C)c(C(N)CCC(=O)O)c1O. The molecule has 0 fully saturated rings. The van der Waals surface area contributed by atoms with Crippen LogP contribution in [0.5, 0.6) is 11.5 Å². The van der Waals surface area contributed by atoms with E-state index in [0.717, 1.165) is 11.1 Å². The summed E-state index contributed by atoms with van der Waals surface area (Å²) >= 11 is 0. The number of phenolic OH excluding ortho intramolecular Hbond substituents is 1. The van der Waals surface area contributed by atoms with Crippen molar-refractivity contribution < 1.29 is 19.7 Å². The van der Waals surface area contributed by atoms with Crippen molar-refractivity contribution in [2.24, 2.45) is 5.73 Å². The number of carboxylic acid groups (broad SMARTS) is 1. The molecule has 0 heterocycles. The fourth-order valence-electron chi connectivity index (χ4n) is 2.11. The van der Waals surface area contributed by atoms with Crippen molar-refractivity contribution in [2.45, 2.75) is 32.7 Å². The summed E-state index contributed by atoms with van der Waals surface area (Å²) in [4.78, 5) is 10.5. The number of methoxy groups -OCH3 is 1. The van der Waals surface area contributed by atoms with Gasteiger partial charge >= 0.3 is 5.97 Å². The van der Waals surface area contributed by atoms with Crippen LogP contribution in [0.4, 0.5) is 0 Å². The molecule has 0 bridgehead atoms. The minimum atomic E-state index is -0.901. The Labute approximate surface area is 106 Å². The van der Waals surface area contributed by atoms with Crippen molar-refractivity contribution in [3.63, 3.8) is 0 Å². The second-order valence-corrected chi connectivity index (χ2v) is 4.34. The number of carboxylic acids is 1. The van der Waals surface area contributed by atoms with Gasteiger partial charge < -0.3 is 20.7 Å². The van der Waals surface area contributed by atoms with Crippen LogP contribution in [0.3, 0.4) is 0 Å². The van der Waals surface area contributed by atoms with Crippen LogP contribution in [0.1, 0.15) is 35.6 Å². The third-order valence-corrected chi connectivity index (χ3v) is 2.93. The number of benzene rings is 1.